The van der Waals surface area contributed by atoms with Crippen LogP contribution in [0, 0.1) is 0 Å². The van der Waals surface area contributed by atoms with Crippen molar-refractivity contribution in [3.63, 3.8) is 0 Å². The van der Waals surface area contributed by atoms with Crippen molar-refractivity contribution in [2.75, 3.05) is 6.54 Å². The van der Waals surface area contributed by atoms with Crippen molar-refractivity contribution in [1.82, 2.24) is 9.97 Å². The first kappa shape index (κ1) is 10.6. The van der Waals surface area contributed by atoms with Crippen molar-refractivity contribution < 1.29 is 4.74 Å². The van der Waals surface area contributed by atoms with Crippen LogP contribution in [-0.2, 0) is 6.42 Å². The van der Waals surface area contributed by atoms with Gasteiger partial charge in [0.2, 0.25) is 0 Å². The van der Waals surface area contributed by atoms with Crippen LogP contribution >= 0.6 is 0 Å². The van der Waals surface area contributed by atoms with E-state index in [2.05, 4.69) is 9.97 Å². The average molecular weight is 215 g/mol. The normalized spacial score (nSPS) is 10.1. The van der Waals surface area contributed by atoms with Gasteiger partial charge in [0.25, 0.3) is 0 Å². The van der Waals surface area contributed by atoms with E-state index in [1.54, 1.807) is 12.4 Å². The van der Waals surface area contributed by atoms with Crippen LogP contribution < -0.4 is 10.5 Å². The molecule has 2 aromatic rings. The number of nitrogens with zero attached hydrogens (tertiary/aromatic N) is 2. The lowest BCUT2D eigenvalue weighted by Gasteiger charge is -2.04. The molecule has 0 bridgehead atoms. The van der Waals surface area contributed by atoms with E-state index in [1.807, 2.05) is 30.3 Å². The smallest absolute Gasteiger partial charge is 0.164 e. The van der Waals surface area contributed by atoms with E-state index >= 15 is 0 Å². The van der Waals surface area contributed by atoms with Crippen LogP contribution in [0.5, 0.6) is 11.5 Å². The number of aromatic nitrogens is 2. The summed E-state index contributed by atoms with van der Waals surface area (Å²) in [6.07, 6.45) is 4.00. The van der Waals surface area contributed by atoms with Gasteiger partial charge >= 0.3 is 0 Å². The Morgan fingerprint density at radius 3 is 2.31 bits per heavy atom. The average Bonchev–Trinajstić information content (AvgIpc) is 2.33. The molecule has 82 valence electrons. The van der Waals surface area contributed by atoms with Crippen LogP contribution in [-0.4, -0.2) is 16.5 Å². The standard InChI is InChI=1S/C12H13N3O/c13-7-6-12-14-8-11(9-15-12)16-10-4-2-1-3-5-10/h1-5,8-9H,6-7,13H2. The predicted octanol–water partition coefficient (Wildman–Crippen LogP) is 1.77. The molecule has 0 fully saturated rings. The molecule has 0 spiro atoms. The van der Waals surface area contributed by atoms with Crippen LogP contribution in [0.4, 0.5) is 0 Å². The monoisotopic (exact) mass is 215 g/mol. The summed E-state index contributed by atoms with van der Waals surface area (Å²) in [6, 6.07) is 9.53. The molecule has 1 heterocycles. The first-order chi connectivity index (χ1) is 7.88. The second kappa shape index (κ2) is 5.23. The second-order valence-electron chi connectivity index (χ2n) is 3.29. The number of hydrogen-bond acceptors (Lipinski definition) is 4. The first-order valence-corrected chi connectivity index (χ1v) is 5.12. The highest BCUT2D eigenvalue weighted by atomic mass is 16.5. The highest BCUT2D eigenvalue weighted by Gasteiger charge is 1.98. The predicted molar refractivity (Wildman–Crippen MR) is 61.3 cm³/mol. The van der Waals surface area contributed by atoms with Crippen LogP contribution in [0.25, 0.3) is 0 Å². The summed E-state index contributed by atoms with van der Waals surface area (Å²) in [5.41, 5.74) is 5.41. The molecule has 2 N–H and O–H groups in total. The van der Waals surface area contributed by atoms with E-state index in [9.17, 15) is 0 Å². The maximum atomic E-state index is 5.56. The Bertz CT molecular complexity index is 428. The Morgan fingerprint density at radius 2 is 1.69 bits per heavy atom. The number of rotatable bonds is 4. The molecule has 16 heavy (non-hydrogen) atoms. The molecule has 0 atom stereocenters. The summed E-state index contributed by atoms with van der Waals surface area (Å²) >= 11 is 0. The van der Waals surface area contributed by atoms with Gasteiger partial charge in [0.15, 0.2) is 5.75 Å². The van der Waals surface area contributed by atoms with E-state index in [1.165, 1.54) is 0 Å². The Balaban J connectivity index is 2.05. The highest BCUT2D eigenvalue weighted by molar-refractivity contribution is 5.27. The lowest BCUT2D eigenvalue weighted by molar-refractivity contribution is 0.476. The van der Waals surface area contributed by atoms with Crippen molar-refractivity contribution >= 4 is 0 Å². The second-order valence-corrected chi connectivity index (χ2v) is 3.29. The van der Waals surface area contributed by atoms with Gasteiger partial charge in [-0.2, -0.15) is 0 Å². The van der Waals surface area contributed by atoms with Gasteiger partial charge in [-0.05, 0) is 18.7 Å². The Labute approximate surface area is 94.1 Å². The first-order valence-electron chi connectivity index (χ1n) is 5.12. The van der Waals surface area contributed by atoms with Crippen molar-refractivity contribution in [3.8, 4) is 11.5 Å². The maximum Gasteiger partial charge on any atom is 0.164 e. The Hall–Kier alpha value is -1.94. The lowest BCUT2D eigenvalue weighted by Crippen LogP contribution is -2.06. The number of para-hydroxylation sites is 1. The number of hydrogen-bond donors (Lipinski definition) is 1. The highest BCUT2D eigenvalue weighted by Crippen LogP contribution is 2.18. The van der Waals surface area contributed by atoms with Gasteiger partial charge < -0.3 is 10.5 Å². The zero-order valence-corrected chi connectivity index (χ0v) is 8.84. The quantitative estimate of drug-likeness (QED) is 0.844. The number of benzene rings is 1. The zero-order chi connectivity index (χ0) is 11.2. The van der Waals surface area contributed by atoms with Crippen molar-refractivity contribution in [3.05, 3.63) is 48.5 Å². The van der Waals surface area contributed by atoms with Crippen LogP contribution in [0.2, 0.25) is 0 Å². The third kappa shape index (κ3) is 2.77. The molecule has 0 saturated heterocycles. The minimum atomic E-state index is 0.554. The van der Waals surface area contributed by atoms with Gasteiger partial charge in [0.05, 0.1) is 12.4 Å². The van der Waals surface area contributed by atoms with E-state index in [-0.39, 0.29) is 0 Å². The van der Waals surface area contributed by atoms with Gasteiger partial charge in [-0.3, -0.25) is 0 Å². The molecule has 2 rings (SSSR count). The van der Waals surface area contributed by atoms with E-state index < -0.39 is 0 Å². The van der Waals surface area contributed by atoms with Crippen molar-refractivity contribution in [1.29, 1.82) is 0 Å². The van der Waals surface area contributed by atoms with E-state index in [0.29, 0.717) is 18.7 Å². The fraction of sp³-hybridized carbons (Fsp3) is 0.167. The summed E-state index contributed by atoms with van der Waals surface area (Å²) in [5, 5.41) is 0. The van der Waals surface area contributed by atoms with Crippen LogP contribution in [0.1, 0.15) is 5.82 Å². The molecule has 4 nitrogen and oxygen atoms in total. The van der Waals surface area contributed by atoms with Gasteiger partial charge in [-0.25, -0.2) is 9.97 Å². The van der Waals surface area contributed by atoms with E-state index in [4.69, 9.17) is 10.5 Å². The summed E-state index contributed by atoms with van der Waals surface area (Å²) in [4.78, 5) is 8.30. The maximum absolute atomic E-state index is 5.56. The third-order valence-electron chi connectivity index (χ3n) is 2.03. The largest absolute Gasteiger partial charge is 0.454 e. The minimum absolute atomic E-state index is 0.554. The molecule has 4 heteroatoms. The van der Waals surface area contributed by atoms with Crippen molar-refractivity contribution in [2.24, 2.45) is 5.73 Å². The molecular weight excluding hydrogens is 202 g/mol. The van der Waals surface area contributed by atoms with Gasteiger partial charge in [-0.1, -0.05) is 18.2 Å². The molecule has 0 radical (unpaired) electrons. The van der Waals surface area contributed by atoms with Crippen LogP contribution in [0.15, 0.2) is 42.7 Å². The SMILES string of the molecule is NCCc1ncc(Oc2ccccc2)cn1. The Kier molecular flexibility index (Phi) is 3.46. The molecule has 1 aromatic heterocycles. The minimum Gasteiger partial charge on any atom is -0.454 e. The Morgan fingerprint density at radius 1 is 1.00 bits per heavy atom. The topological polar surface area (TPSA) is 61.0 Å². The molecule has 0 aliphatic heterocycles. The van der Waals surface area contributed by atoms with Crippen LogP contribution in [0.3, 0.4) is 0 Å². The summed E-state index contributed by atoms with van der Waals surface area (Å²) < 4.78 is 5.56. The molecule has 1 aromatic carbocycles. The van der Waals surface area contributed by atoms with Gasteiger partial charge in [0, 0.05) is 6.42 Å². The fourth-order valence-electron chi connectivity index (χ4n) is 1.28. The summed E-state index contributed by atoms with van der Waals surface area (Å²) in [5.74, 6) is 2.15. The number of nitrogens with two attached hydrogens (primary N) is 1. The molecule has 0 aliphatic carbocycles. The molecule has 0 aliphatic rings. The molecular formula is C12H13N3O. The van der Waals surface area contributed by atoms with Gasteiger partial charge in [0.1, 0.15) is 11.6 Å². The lowest BCUT2D eigenvalue weighted by atomic mass is 10.3. The third-order valence-corrected chi connectivity index (χ3v) is 2.03. The molecule has 0 amide bonds. The molecule has 0 saturated carbocycles. The van der Waals surface area contributed by atoms with E-state index in [0.717, 1.165) is 11.6 Å². The molecule has 0 unspecified atom stereocenters. The summed E-state index contributed by atoms with van der Waals surface area (Å²) in [7, 11) is 0. The van der Waals surface area contributed by atoms with Crippen molar-refractivity contribution in [2.45, 2.75) is 6.42 Å². The summed E-state index contributed by atoms with van der Waals surface area (Å²) in [6.45, 7) is 0.554. The van der Waals surface area contributed by atoms with Gasteiger partial charge in [-0.15, -0.1) is 0 Å². The fourth-order valence-corrected chi connectivity index (χ4v) is 1.28. The zero-order valence-electron chi connectivity index (χ0n) is 8.84. The number of ether oxygens (including phenoxy) is 1.